The summed E-state index contributed by atoms with van der Waals surface area (Å²) >= 11 is 0. The van der Waals surface area contributed by atoms with Gasteiger partial charge in [-0.2, -0.15) is 4.31 Å². The van der Waals surface area contributed by atoms with E-state index >= 15 is 0 Å². The Labute approximate surface area is 179 Å². The van der Waals surface area contributed by atoms with Gasteiger partial charge in [-0.15, -0.1) is 0 Å². The van der Waals surface area contributed by atoms with Crippen LogP contribution in [0.3, 0.4) is 0 Å². The lowest BCUT2D eigenvalue weighted by atomic mass is 10.1. The summed E-state index contributed by atoms with van der Waals surface area (Å²) in [6, 6.07) is 3.13. The molecule has 3 rings (SSSR count). The minimum absolute atomic E-state index is 0.0721. The van der Waals surface area contributed by atoms with Crippen molar-refractivity contribution in [2.75, 3.05) is 18.4 Å². The fourth-order valence-corrected chi connectivity index (χ4v) is 4.79. The number of carbonyl (C=O) groups excluding carboxylic acids is 1. The number of hydrogen-bond donors (Lipinski definition) is 3. The molecule has 0 radical (unpaired) electrons. The second-order valence-electron chi connectivity index (χ2n) is 6.98. The van der Waals surface area contributed by atoms with Crippen LogP contribution in [0.2, 0.25) is 0 Å². The van der Waals surface area contributed by atoms with Gasteiger partial charge in [-0.3, -0.25) is 4.79 Å². The maximum Gasteiger partial charge on any atom is 0.404 e. The van der Waals surface area contributed by atoms with Crippen molar-refractivity contribution in [2.45, 2.75) is 23.8 Å². The maximum absolute atomic E-state index is 14.3. The zero-order valence-corrected chi connectivity index (χ0v) is 17.1. The van der Waals surface area contributed by atoms with Crippen molar-refractivity contribution in [3.63, 3.8) is 0 Å². The third-order valence-corrected chi connectivity index (χ3v) is 6.75. The molecule has 2 aromatic carbocycles. The molecule has 1 aliphatic heterocycles. The molecule has 1 saturated heterocycles. The first-order valence-corrected chi connectivity index (χ1v) is 10.7. The molecule has 32 heavy (non-hydrogen) atoms. The van der Waals surface area contributed by atoms with Crippen molar-refractivity contribution >= 4 is 27.7 Å². The van der Waals surface area contributed by atoms with E-state index in [-0.39, 0.29) is 31.5 Å². The van der Waals surface area contributed by atoms with E-state index in [1.54, 1.807) is 0 Å². The van der Waals surface area contributed by atoms with E-state index in [1.807, 2.05) is 0 Å². The number of carbonyl (C=O) groups is 2. The van der Waals surface area contributed by atoms with Gasteiger partial charge >= 0.3 is 6.09 Å². The lowest BCUT2D eigenvalue weighted by Crippen LogP contribution is -2.46. The number of nitrogens with zero attached hydrogens (tertiary/aromatic N) is 1. The molecular formula is C19H17F4N3O5S. The molecule has 172 valence electrons. The van der Waals surface area contributed by atoms with Gasteiger partial charge in [0.1, 0.15) is 10.7 Å². The van der Waals surface area contributed by atoms with E-state index < -0.39 is 61.9 Å². The lowest BCUT2D eigenvalue weighted by Gasteiger charge is -2.31. The van der Waals surface area contributed by atoms with Crippen LogP contribution in [0.5, 0.6) is 0 Å². The quantitative estimate of drug-likeness (QED) is 0.454. The van der Waals surface area contributed by atoms with Gasteiger partial charge in [-0.05, 0) is 31.0 Å². The fraction of sp³-hybridized carbons (Fsp3) is 0.263. The van der Waals surface area contributed by atoms with Crippen molar-refractivity contribution in [1.82, 2.24) is 9.62 Å². The average Bonchev–Trinajstić information content (AvgIpc) is 2.72. The largest absolute Gasteiger partial charge is 0.465 e. The number of anilines is 1. The van der Waals surface area contributed by atoms with Gasteiger partial charge in [0.05, 0.1) is 0 Å². The summed E-state index contributed by atoms with van der Waals surface area (Å²) in [7, 11) is -4.36. The molecule has 0 saturated carbocycles. The number of halogens is 4. The van der Waals surface area contributed by atoms with Crippen molar-refractivity contribution in [1.29, 1.82) is 0 Å². The number of nitrogens with one attached hydrogen (secondary N) is 2. The normalized spacial score (nSPS) is 15.4. The fourth-order valence-electron chi connectivity index (χ4n) is 3.23. The van der Waals surface area contributed by atoms with Crippen LogP contribution in [-0.2, 0) is 10.0 Å². The second kappa shape index (κ2) is 9.12. The first-order chi connectivity index (χ1) is 15.0. The first-order valence-electron chi connectivity index (χ1n) is 9.24. The van der Waals surface area contributed by atoms with E-state index in [0.29, 0.717) is 12.1 Å². The molecule has 0 unspecified atom stereocenters. The Morgan fingerprint density at radius 1 is 0.969 bits per heavy atom. The van der Waals surface area contributed by atoms with E-state index in [1.165, 1.54) is 0 Å². The highest BCUT2D eigenvalue weighted by atomic mass is 32.2. The third-order valence-electron chi connectivity index (χ3n) is 4.83. The Morgan fingerprint density at radius 2 is 1.56 bits per heavy atom. The van der Waals surface area contributed by atoms with Crippen molar-refractivity contribution in [2.24, 2.45) is 0 Å². The summed E-state index contributed by atoms with van der Waals surface area (Å²) in [5, 5.41) is 13.1. The molecular weight excluding hydrogens is 458 g/mol. The molecule has 3 N–H and O–H groups in total. The number of sulfonamides is 1. The zero-order valence-electron chi connectivity index (χ0n) is 16.2. The van der Waals surface area contributed by atoms with Gasteiger partial charge in [0.2, 0.25) is 10.0 Å². The number of benzene rings is 2. The SMILES string of the molecule is O=C(O)NC1CCN(S(=O)(=O)c2cc(C(=O)Nc3cc(F)c(F)c(F)c3)ccc2F)CC1. The highest BCUT2D eigenvalue weighted by molar-refractivity contribution is 7.89. The number of amides is 2. The molecule has 8 nitrogen and oxygen atoms in total. The minimum Gasteiger partial charge on any atom is -0.465 e. The molecule has 2 amide bonds. The molecule has 0 aromatic heterocycles. The highest BCUT2D eigenvalue weighted by Crippen LogP contribution is 2.25. The van der Waals surface area contributed by atoms with Crippen molar-refractivity contribution < 1.29 is 40.7 Å². The summed E-state index contributed by atoms with van der Waals surface area (Å²) in [6.45, 7) is -0.144. The van der Waals surface area contributed by atoms with Crippen molar-refractivity contribution in [3.8, 4) is 0 Å². The summed E-state index contributed by atoms with van der Waals surface area (Å²) in [5.41, 5.74) is -0.745. The molecule has 1 fully saturated rings. The average molecular weight is 475 g/mol. The van der Waals surface area contributed by atoms with Crippen LogP contribution < -0.4 is 10.6 Å². The standard InChI is InChI=1S/C19H17F4N3O5S/c20-13-2-1-10(18(27)24-12-8-14(21)17(23)15(22)9-12)7-16(13)32(30,31)26-5-3-11(4-6-26)25-19(28)29/h1-2,7-9,11,25H,3-6H2,(H,24,27)(H,28,29). The lowest BCUT2D eigenvalue weighted by molar-refractivity contribution is 0.102. The van der Waals surface area contributed by atoms with Crippen LogP contribution in [0.4, 0.5) is 28.0 Å². The monoisotopic (exact) mass is 475 g/mol. The van der Waals surface area contributed by atoms with Gasteiger partial charge in [-0.1, -0.05) is 0 Å². The van der Waals surface area contributed by atoms with Gasteiger partial charge in [0, 0.05) is 42.5 Å². The number of rotatable bonds is 5. The third kappa shape index (κ3) is 4.99. The Balaban J connectivity index is 1.80. The highest BCUT2D eigenvalue weighted by Gasteiger charge is 2.32. The van der Waals surface area contributed by atoms with Crippen LogP contribution in [0, 0.1) is 23.3 Å². The number of piperidine rings is 1. The Hall–Kier alpha value is -3.19. The maximum atomic E-state index is 14.3. The Kier molecular flexibility index (Phi) is 6.69. The van der Waals surface area contributed by atoms with E-state index in [4.69, 9.17) is 5.11 Å². The summed E-state index contributed by atoms with van der Waals surface area (Å²) in [4.78, 5) is 22.3. The van der Waals surface area contributed by atoms with Gasteiger partial charge in [0.25, 0.3) is 5.91 Å². The smallest absolute Gasteiger partial charge is 0.404 e. The molecule has 1 heterocycles. The first kappa shape index (κ1) is 23.5. The minimum atomic E-state index is -4.36. The molecule has 2 aromatic rings. The van der Waals surface area contributed by atoms with Crippen molar-refractivity contribution in [3.05, 3.63) is 59.2 Å². The van der Waals surface area contributed by atoms with Crippen LogP contribution >= 0.6 is 0 Å². The van der Waals surface area contributed by atoms with Crippen LogP contribution in [-0.4, -0.2) is 49.0 Å². The molecule has 0 atom stereocenters. The van der Waals surface area contributed by atoms with Gasteiger partial charge in [-0.25, -0.2) is 30.8 Å². The van der Waals surface area contributed by atoms with Crippen LogP contribution in [0.25, 0.3) is 0 Å². The molecule has 0 aliphatic carbocycles. The molecule has 13 heteroatoms. The van der Waals surface area contributed by atoms with Gasteiger partial charge < -0.3 is 15.7 Å². The predicted molar refractivity (Wildman–Crippen MR) is 104 cm³/mol. The molecule has 1 aliphatic rings. The summed E-state index contributed by atoms with van der Waals surface area (Å²) in [5.74, 6) is -6.92. The molecule has 0 spiro atoms. The number of hydrogen-bond acceptors (Lipinski definition) is 4. The van der Waals surface area contributed by atoms with E-state index in [0.717, 1.165) is 22.5 Å². The second-order valence-corrected chi connectivity index (χ2v) is 8.89. The predicted octanol–water partition coefficient (Wildman–Crippen LogP) is 2.92. The summed E-state index contributed by atoms with van der Waals surface area (Å²) < 4.78 is 80.8. The zero-order chi connectivity index (χ0) is 23.6. The van der Waals surface area contributed by atoms with Crippen LogP contribution in [0.1, 0.15) is 23.2 Å². The van der Waals surface area contributed by atoms with Gasteiger partial charge in [0.15, 0.2) is 17.5 Å². The van der Waals surface area contributed by atoms with E-state index in [2.05, 4.69) is 10.6 Å². The Morgan fingerprint density at radius 3 is 2.12 bits per heavy atom. The van der Waals surface area contributed by atoms with Crippen LogP contribution in [0.15, 0.2) is 35.2 Å². The Bertz CT molecular complexity index is 1140. The number of carboxylic acid groups (broad SMARTS) is 1. The topological polar surface area (TPSA) is 116 Å². The summed E-state index contributed by atoms with van der Waals surface area (Å²) in [6.07, 6.45) is -0.888. The molecule has 0 bridgehead atoms. The van der Waals surface area contributed by atoms with E-state index in [9.17, 15) is 35.6 Å².